The van der Waals surface area contributed by atoms with Gasteiger partial charge in [0.15, 0.2) is 0 Å². The Labute approximate surface area is 88.1 Å². The number of rotatable bonds is 8. The molecular weight excluding hydrogens is 178 g/mol. The van der Waals surface area contributed by atoms with Crippen molar-refractivity contribution in [2.75, 3.05) is 18.6 Å². The van der Waals surface area contributed by atoms with Crippen LogP contribution in [0, 0.1) is 5.92 Å². The van der Waals surface area contributed by atoms with Crippen LogP contribution in [-0.4, -0.2) is 24.6 Å². The van der Waals surface area contributed by atoms with Gasteiger partial charge >= 0.3 is 0 Å². The van der Waals surface area contributed by atoms with Crippen molar-refractivity contribution in [3.63, 3.8) is 0 Å². The topological polar surface area (TPSA) is 12.0 Å². The minimum absolute atomic E-state index is 0.691. The molecule has 13 heavy (non-hydrogen) atoms. The summed E-state index contributed by atoms with van der Waals surface area (Å²) in [5.41, 5.74) is 0. The predicted octanol–water partition coefficient (Wildman–Crippen LogP) is 3.15. The van der Waals surface area contributed by atoms with E-state index in [0.717, 1.165) is 12.5 Å². The van der Waals surface area contributed by atoms with Gasteiger partial charge in [-0.3, -0.25) is 0 Å². The lowest BCUT2D eigenvalue weighted by Gasteiger charge is -2.17. The summed E-state index contributed by atoms with van der Waals surface area (Å²) in [6.45, 7) is 8.04. The number of thioether (sulfide) groups is 1. The third kappa shape index (κ3) is 8.63. The Morgan fingerprint density at radius 2 is 2.00 bits per heavy atom. The summed E-state index contributed by atoms with van der Waals surface area (Å²) in [5, 5.41) is 3.53. The fourth-order valence-electron chi connectivity index (χ4n) is 1.51. The van der Waals surface area contributed by atoms with E-state index in [0.29, 0.717) is 6.04 Å². The molecule has 0 radical (unpaired) electrons. The first-order valence-electron chi connectivity index (χ1n) is 5.43. The molecule has 2 heteroatoms. The molecule has 0 amide bonds. The van der Waals surface area contributed by atoms with Gasteiger partial charge in [-0.25, -0.2) is 0 Å². The summed E-state index contributed by atoms with van der Waals surface area (Å²) in [7, 11) is 0. The zero-order chi connectivity index (χ0) is 10.1. The van der Waals surface area contributed by atoms with Crippen LogP contribution in [-0.2, 0) is 0 Å². The smallest absolute Gasteiger partial charge is 0.00412 e. The average Bonchev–Trinajstić information content (AvgIpc) is 2.11. The van der Waals surface area contributed by atoms with Crippen LogP contribution in [0.15, 0.2) is 0 Å². The molecule has 80 valence electrons. The largest absolute Gasteiger partial charge is 0.314 e. The molecule has 0 aromatic heterocycles. The van der Waals surface area contributed by atoms with Gasteiger partial charge in [-0.15, -0.1) is 0 Å². The van der Waals surface area contributed by atoms with Gasteiger partial charge in [-0.1, -0.05) is 13.8 Å². The third-order valence-corrected chi connectivity index (χ3v) is 2.96. The van der Waals surface area contributed by atoms with Gasteiger partial charge in [0.2, 0.25) is 0 Å². The van der Waals surface area contributed by atoms with Crippen LogP contribution >= 0.6 is 11.8 Å². The van der Waals surface area contributed by atoms with E-state index in [4.69, 9.17) is 0 Å². The van der Waals surface area contributed by atoms with Crippen molar-refractivity contribution < 1.29 is 0 Å². The first-order chi connectivity index (χ1) is 6.20. The monoisotopic (exact) mass is 203 g/mol. The van der Waals surface area contributed by atoms with Crippen molar-refractivity contribution in [2.45, 2.75) is 46.1 Å². The van der Waals surface area contributed by atoms with Crippen LogP contribution in [0.25, 0.3) is 0 Å². The van der Waals surface area contributed by atoms with Gasteiger partial charge in [0.25, 0.3) is 0 Å². The highest BCUT2D eigenvalue weighted by molar-refractivity contribution is 7.98. The molecule has 1 nitrogen and oxygen atoms in total. The Kier molecular flexibility index (Phi) is 9.10. The molecule has 0 heterocycles. The molecule has 0 bridgehead atoms. The molecule has 0 fully saturated rings. The minimum atomic E-state index is 0.691. The summed E-state index contributed by atoms with van der Waals surface area (Å²) in [5.74, 6) is 2.17. The van der Waals surface area contributed by atoms with E-state index >= 15 is 0 Å². The fourth-order valence-corrected chi connectivity index (χ4v) is 2.15. The van der Waals surface area contributed by atoms with Crippen molar-refractivity contribution in [3.05, 3.63) is 0 Å². The summed E-state index contributed by atoms with van der Waals surface area (Å²) in [6, 6.07) is 0.691. The Bertz CT molecular complexity index is 94.3. The number of hydrogen-bond acceptors (Lipinski definition) is 2. The van der Waals surface area contributed by atoms with Crippen molar-refractivity contribution in [2.24, 2.45) is 5.92 Å². The zero-order valence-corrected chi connectivity index (χ0v) is 10.4. The summed E-state index contributed by atoms with van der Waals surface area (Å²) >= 11 is 1.95. The van der Waals surface area contributed by atoms with E-state index in [1.54, 1.807) is 0 Å². The fraction of sp³-hybridized carbons (Fsp3) is 1.00. The highest BCUT2D eigenvalue weighted by Gasteiger charge is 2.06. The molecule has 2 atom stereocenters. The maximum atomic E-state index is 3.53. The van der Waals surface area contributed by atoms with E-state index in [2.05, 4.69) is 32.3 Å². The van der Waals surface area contributed by atoms with E-state index in [1.165, 1.54) is 25.0 Å². The van der Waals surface area contributed by atoms with Crippen LogP contribution in [0.5, 0.6) is 0 Å². The van der Waals surface area contributed by atoms with Gasteiger partial charge in [-0.05, 0) is 50.7 Å². The molecule has 0 aromatic rings. The molecule has 0 spiro atoms. The quantitative estimate of drug-likeness (QED) is 0.650. The molecule has 0 aliphatic heterocycles. The third-order valence-electron chi connectivity index (χ3n) is 2.31. The maximum absolute atomic E-state index is 3.53. The molecule has 0 rings (SSSR count). The lowest BCUT2D eigenvalue weighted by atomic mass is 10.0. The normalized spacial score (nSPS) is 15.7. The Hall–Kier alpha value is 0.310. The first kappa shape index (κ1) is 13.3. The van der Waals surface area contributed by atoms with Crippen molar-refractivity contribution >= 4 is 11.8 Å². The van der Waals surface area contributed by atoms with Crippen LogP contribution in [0.4, 0.5) is 0 Å². The Morgan fingerprint density at radius 3 is 2.54 bits per heavy atom. The minimum Gasteiger partial charge on any atom is -0.314 e. The summed E-state index contributed by atoms with van der Waals surface area (Å²) in [6.07, 6.45) is 6.11. The zero-order valence-electron chi connectivity index (χ0n) is 9.60. The van der Waals surface area contributed by atoms with Gasteiger partial charge in [0, 0.05) is 6.04 Å². The van der Waals surface area contributed by atoms with Gasteiger partial charge in [-0.2, -0.15) is 11.8 Å². The first-order valence-corrected chi connectivity index (χ1v) is 6.82. The second kappa shape index (κ2) is 8.89. The summed E-state index contributed by atoms with van der Waals surface area (Å²) < 4.78 is 0. The summed E-state index contributed by atoms with van der Waals surface area (Å²) in [4.78, 5) is 0. The molecule has 0 aliphatic rings. The second-order valence-electron chi connectivity index (χ2n) is 3.98. The number of hydrogen-bond donors (Lipinski definition) is 1. The highest BCUT2D eigenvalue weighted by atomic mass is 32.2. The van der Waals surface area contributed by atoms with Crippen LogP contribution in [0.3, 0.4) is 0 Å². The van der Waals surface area contributed by atoms with E-state index in [9.17, 15) is 0 Å². The molecule has 2 unspecified atom stereocenters. The number of nitrogens with one attached hydrogen (secondary N) is 1. The molecule has 1 N–H and O–H groups in total. The standard InChI is InChI=1S/C11H25NS/c1-5-7-12-11(3)9-10(2)6-8-13-4/h10-12H,5-9H2,1-4H3. The van der Waals surface area contributed by atoms with Crippen LogP contribution in [0.2, 0.25) is 0 Å². The Morgan fingerprint density at radius 1 is 1.31 bits per heavy atom. The molecule has 0 aromatic carbocycles. The molecular formula is C11H25NS. The van der Waals surface area contributed by atoms with Crippen molar-refractivity contribution in [3.8, 4) is 0 Å². The highest BCUT2D eigenvalue weighted by Crippen LogP contribution is 2.12. The lowest BCUT2D eigenvalue weighted by Crippen LogP contribution is -2.28. The van der Waals surface area contributed by atoms with E-state index in [-0.39, 0.29) is 0 Å². The van der Waals surface area contributed by atoms with E-state index in [1.807, 2.05) is 11.8 Å². The SMILES string of the molecule is CCCNC(C)CC(C)CCSC. The average molecular weight is 203 g/mol. The van der Waals surface area contributed by atoms with Crippen LogP contribution in [0.1, 0.15) is 40.0 Å². The van der Waals surface area contributed by atoms with Crippen LogP contribution < -0.4 is 5.32 Å². The Balaban J connectivity index is 3.35. The van der Waals surface area contributed by atoms with E-state index < -0.39 is 0 Å². The van der Waals surface area contributed by atoms with Gasteiger partial charge in [0.05, 0.1) is 0 Å². The molecule has 0 saturated carbocycles. The van der Waals surface area contributed by atoms with Gasteiger partial charge < -0.3 is 5.32 Å². The lowest BCUT2D eigenvalue weighted by molar-refractivity contribution is 0.415. The predicted molar refractivity (Wildman–Crippen MR) is 64.5 cm³/mol. The van der Waals surface area contributed by atoms with Crippen molar-refractivity contribution in [1.29, 1.82) is 0 Å². The second-order valence-corrected chi connectivity index (χ2v) is 4.96. The molecule has 0 aliphatic carbocycles. The molecule has 0 saturated heterocycles. The van der Waals surface area contributed by atoms with Crippen molar-refractivity contribution in [1.82, 2.24) is 5.32 Å². The maximum Gasteiger partial charge on any atom is 0.00412 e. The van der Waals surface area contributed by atoms with Gasteiger partial charge in [0.1, 0.15) is 0 Å².